The van der Waals surface area contributed by atoms with E-state index in [-0.39, 0.29) is 6.04 Å². The average Bonchev–Trinajstić information content (AvgIpc) is 2.40. The molecule has 2 aromatic rings. The van der Waals surface area contributed by atoms with Crippen molar-refractivity contribution in [1.29, 1.82) is 0 Å². The van der Waals surface area contributed by atoms with Gasteiger partial charge in [-0.25, -0.2) is 8.78 Å². The van der Waals surface area contributed by atoms with Crippen molar-refractivity contribution < 1.29 is 8.78 Å². The third kappa shape index (κ3) is 3.78. The van der Waals surface area contributed by atoms with Gasteiger partial charge in [0.25, 0.3) is 0 Å². The monoisotopic (exact) mass is 359 g/mol. The maximum Gasteiger partial charge on any atom is 0.128 e. The molecule has 1 unspecified atom stereocenters. The minimum Gasteiger partial charge on any atom is -0.306 e. The molecule has 106 valence electrons. The Balaban J connectivity index is 2.08. The van der Waals surface area contributed by atoms with Crippen molar-refractivity contribution in [3.63, 3.8) is 0 Å². The number of rotatable bonds is 4. The molecule has 0 spiro atoms. The molecule has 0 radical (unpaired) electrons. The molecule has 2 rings (SSSR count). The predicted molar refractivity (Wildman–Crippen MR) is 80.8 cm³/mol. The summed E-state index contributed by atoms with van der Waals surface area (Å²) in [4.78, 5) is 0. The van der Waals surface area contributed by atoms with Crippen LogP contribution in [0.25, 0.3) is 0 Å². The molecule has 20 heavy (non-hydrogen) atoms. The highest BCUT2D eigenvalue weighted by atomic mass is 79.9. The summed E-state index contributed by atoms with van der Waals surface area (Å²) in [5, 5.41) is 3.76. The van der Waals surface area contributed by atoms with Crippen molar-refractivity contribution in [1.82, 2.24) is 5.32 Å². The Labute approximate surface area is 130 Å². The van der Waals surface area contributed by atoms with Crippen molar-refractivity contribution in [3.05, 3.63) is 68.7 Å². The molecular weight excluding hydrogens is 348 g/mol. The second-order valence-corrected chi connectivity index (χ2v) is 5.83. The van der Waals surface area contributed by atoms with Gasteiger partial charge >= 0.3 is 0 Å². The fourth-order valence-corrected chi connectivity index (χ4v) is 2.62. The lowest BCUT2D eigenvalue weighted by atomic mass is 10.1. The van der Waals surface area contributed by atoms with Crippen molar-refractivity contribution >= 4 is 27.5 Å². The maximum absolute atomic E-state index is 13.6. The molecule has 0 saturated heterocycles. The maximum atomic E-state index is 13.6. The summed E-state index contributed by atoms with van der Waals surface area (Å²) in [6.45, 7) is 2.26. The summed E-state index contributed by atoms with van der Waals surface area (Å²) in [5.74, 6) is -0.870. The van der Waals surface area contributed by atoms with E-state index in [1.165, 1.54) is 6.07 Å². The van der Waals surface area contributed by atoms with Crippen LogP contribution in [0.4, 0.5) is 8.78 Å². The zero-order valence-corrected chi connectivity index (χ0v) is 13.1. The Morgan fingerprint density at radius 3 is 2.65 bits per heavy atom. The van der Waals surface area contributed by atoms with Crippen LogP contribution in [0.15, 0.2) is 40.9 Å². The summed E-state index contributed by atoms with van der Waals surface area (Å²) in [6, 6.07) is 8.70. The third-order valence-electron chi connectivity index (χ3n) is 3.04. The first-order valence-corrected chi connectivity index (χ1v) is 7.26. The summed E-state index contributed by atoms with van der Waals surface area (Å²) >= 11 is 9.45. The molecule has 0 saturated carbocycles. The van der Waals surface area contributed by atoms with Crippen LogP contribution in [0.2, 0.25) is 5.02 Å². The van der Waals surface area contributed by atoms with Gasteiger partial charge in [0.2, 0.25) is 0 Å². The van der Waals surface area contributed by atoms with E-state index in [0.717, 1.165) is 22.2 Å². The summed E-state index contributed by atoms with van der Waals surface area (Å²) in [6.07, 6.45) is 0. The first-order chi connectivity index (χ1) is 9.47. The zero-order valence-electron chi connectivity index (χ0n) is 10.8. The van der Waals surface area contributed by atoms with Gasteiger partial charge in [-0.1, -0.05) is 33.6 Å². The van der Waals surface area contributed by atoms with Crippen LogP contribution >= 0.6 is 27.5 Å². The molecule has 1 N–H and O–H groups in total. The quantitative estimate of drug-likeness (QED) is 0.787. The predicted octanol–water partition coefficient (Wildman–Crippen LogP) is 5.23. The van der Waals surface area contributed by atoms with Crippen molar-refractivity contribution in [2.24, 2.45) is 0 Å². The lowest BCUT2D eigenvalue weighted by Crippen LogP contribution is -2.19. The fraction of sp³-hybridized carbons (Fsp3) is 0.200. The standard InChI is InChI=1S/C15H13BrClF2N/c1-9(13-7-12(18)4-5-15(13)19)20-8-10-2-3-11(16)6-14(10)17/h2-7,9,20H,8H2,1H3. The van der Waals surface area contributed by atoms with Crippen molar-refractivity contribution in [2.45, 2.75) is 19.5 Å². The summed E-state index contributed by atoms with van der Waals surface area (Å²) in [7, 11) is 0. The Hall–Kier alpha value is -0.970. The molecule has 0 amide bonds. The van der Waals surface area contributed by atoms with Gasteiger partial charge in [-0.3, -0.25) is 0 Å². The lowest BCUT2D eigenvalue weighted by Gasteiger charge is -2.16. The topological polar surface area (TPSA) is 12.0 Å². The lowest BCUT2D eigenvalue weighted by molar-refractivity contribution is 0.518. The second kappa shape index (κ2) is 6.66. The van der Waals surface area contributed by atoms with Gasteiger partial charge in [0, 0.05) is 27.6 Å². The minimum absolute atomic E-state index is 0.304. The molecule has 0 aliphatic rings. The Morgan fingerprint density at radius 1 is 1.20 bits per heavy atom. The normalized spacial score (nSPS) is 12.4. The average molecular weight is 361 g/mol. The largest absolute Gasteiger partial charge is 0.306 e. The van der Waals surface area contributed by atoms with E-state index in [1.807, 2.05) is 12.1 Å². The number of benzene rings is 2. The van der Waals surface area contributed by atoms with Gasteiger partial charge in [-0.15, -0.1) is 0 Å². The van der Waals surface area contributed by atoms with E-state index in [9.17, 15) is 8.78 Å². The molecule has 0 fully saturated rings. The van der Waals surface area contributed by atoms with Crippen LogP contribution in [-0.4, -0.2) is 0 Å². The van der Waals surface area contributed by atoms with Crippen LogP contribution in [0.5, 0.6) is 0 Å². The molecule has 2 aromatic carbocycles. The van der Waals surface area contributed by atoms with Crippen molar-refractivity contribution in [2.75, 3.05) is 0 Å². The number of hydrogen-bond acceptors (Lipinski definition) is 1. The van der Waals surface area contributed by atoms with Crippen LogP contribution in [0.3, 0.4) is 0 Å². The van der Waals surface area contributed by atoms with Crippen LogP contribution in [0.1, 0.15) is 24.1 Å². The molecule has 0 heterocycles. The van der Waals surface area contributed by atoms with Gasteiger partial charge in [0.05, 0.1) is 0 Å². The number of nitrogens with one attached hydrogen (secondary N) is 1. The zero-order chi connectivity index (χ0) is 14.7. The highest BCUT2D eigenvalue weighted by molar-refractivity contribution is 9.10. The molecule has 5 heteroatoms. The van der Waals surface area contributed by atoms with Gasteiger partial charge < -0.3 is 5.32 Å². The van der Waals surface area contributed by atoms with E-state index in [2.05, 4.69) is 21.2 Å². The van der Waals surface area contributed by atoms with E-state index >= 15 is 0 Å². The molecule has 1 atom stereocenters. The number of halogens is 4. The fourth-order valence-electron chi connectivity index (χ4n) is 1.88. The highest BCUT2D eigenvalue weighted by Crippen LogP contribution is 2.23. The molecule has 1 nitrogen and oxygen atoms in total. The SMILES string of the molecule is CC(NCc1ccc(Br)cc1Cl)c1cc(F)ccc1F. The molecule has 0 aliphatic carbocycles. The minimum atomic E-state index is -0.447. The smallest absolute Gasteiger partial charge is 0.128 e. The first kappa shape index (κ1) is 15.4. The Bertz CT molecular complexity index is 619. The highest BCUT2D eigenvalue weighted by Gasteiger charge is 2.12. The first-order valence-electron chi connectivity index (χ1n) is 6.09. The van der Waals surface area contributed by atoms with E-state index in [1.54, 1.807) is 13.0 Å². The number of hydrogen-bond donors (Lipinski definition) is 1. The van der Waals surface area contributed by atoms with E-state index in [4.69, 9.17) is 11.6 Å². The molecule has 0 aliphatic heterocycles. The van der Waals surface area contributed by atoms with Crippen LogP contribution < -0.4 is 5.32 Å². The van der Waals surface area contributed by atoms with Gasteiger partial charge in [-0.05, 0) is 42.8 Å². The van der Waals surface area contributed by atoms with E-state index < -0.39 is 11.6 Å². The van der Waals surface area contributed by atoms with Crippen molar-refractivity contribution in [3.8, 4) is 0 Å². The van der Waals surface area contributed by atoms with Gasteiger partial charge in [0.1, 0.15) is 11.6 Å². The van der Waals surface area contributed by atoms with Crippen LogP contribution in [0, 0.1) is 11.6 Å². The second-order valence-electron chi connectivity index (χ2n) is 4.50. The summed E-state index contributed by atoms with van der Waals surface area (Å²) < 4.78 is 27.7. The van der Waals surface area contributed by atoms with Gasteiger partial charge in [-0.2, -0.15) is 0 Å². The third-order valence-corrected chi connectivity index (χ3v) is 3.88. The summed E-state index contributed by atoms with van der Waals surface area (Å²) in [5.41, 5.74) is 1.21. The molecular formula is C15H13BrClF2N. The Morgan fingerprint density at radius 2 is 1.95 bits per heavy atom. The molecule has 0 aromatic heterocycles. The van der Waals surface area contributed by atoms with Gasteiger partial charge in [0.15, 0.2) is 0 Å². The Kier molecular flexibility index (Phi) is 5.13. The van der Waals surface area contributed by atoms with E-state index in [0.29, 0.717) is 17.1 Å². The molecule has 0 bridgehead atoms. The van der Waals surface area contributed by atoms with Crippen LogP contribution in [-0.2, 0) is 6.54 Å².